The summed E-state index contributed by atoms with van der Waals surface area (Å²) in [5.74, 6) is 5.52. The lowest BCUT2D eigenvalue weighted by Gasteiger charge is -2.20. The van der Waals surface area contributed by atoms with Gasteiger partial charge < -0.3 is 4.74 Å². The second-order valence-corrected chi connectivity index (χ2v) is 4.99. The van der Waals surface area contributed by atoms with Crippen molar-refractivity contribution >= 4 is 28.5 Å². The molecule has 3 N–H and O–H groups in total. The summed E-state index contributed by atoms with van der Waals surface area (Å²) in [6, 6.07) is 7.52. The Kier molecular flexibility index (Phi) is 5.01. The summed E-state index contributed by atoms with van der Waals surface area (Å²) >= 11 is 2.21. The van der Waals surface area contributed by atoms with Gasteiger partial charge in [0.05, 0.1) is 0 Å². The van der Waals surface area contributed by atoms with Crippen molar-refractivity contribution in [3.8, 4) is 5.75 Å². The van der Waals surface area contributed by atoms with E-state index in [1.165, 1.54) is 0 Å². The van der Waals surface area contributed by atoms with Gasteiger partial charge in [-0.3, -0.25) is 10.2 Å². The van der Waals surface area contributed by atoms with Crippen LogP contribution in [0.1, 0.15) is 13.8 Å². The van der Waals surface area contributed by atoms with Crippen molar-refractivity contribution in [2.45, 2.75) is 20.0 Å². The number of halogens is 1. The van der Waals surface area contributed by atoms with E-state index in [4.69, 9.17) is 10.6 Å². The summed E-state index contributed by atoms with van der Waals surface area (Å²) in [5, 5.41) is 0. The molecule has 1 unspecified atom stereocenters. The standard InChI is InChI=1S/C11H15IN2O2/c1-7(2)10(11(15)14-13)16-9-5-3-8(12)4-6-9/h3-7,10H,13H2,1-2H3,(H,14,15). The van der Waals surface area contributed by atoms with Crippen LogP contribution < -0.4 is 16.0 Å². The van der Waals surface area contributed by atoms with E-state index >= 15 is 0 Å². The average Bonchev–Trinajstić information content (AvgIpc) is 2.27. The number of nitrogens with one attached hydrogen (secondary N) is 1. The van der Waals surface area contributed by atoms with E-state index in [2.05, 4.69) is 28.0 Å². The van der Waals surface area contributed by atoms with Crippen LogP contribution in [0.25, 0.3) is 0 Å². The SMILES string of the molecule is CC(C)C(Oc1ccc(I)cc1)C(=O)NN. The van der Waals surface area contributed by atoms with Crippen molar-refractivity contribution in [3.63, 3.8) is 0 Å². The molecule has 5 heteroatoms. The van der Waals surface area contributed by atoms with Crippen LogP contribution >= 0.6 is 22.6 Å². The predicted octanol–water partition coefficient (Wildman–Crippen LogP) is 1.68. The maximum absolute atomic E-state index is 11.5. The van der Waals surface area contributed by atoms with E-state index in [0.29, 0.717) is 5.75 Å². The number of hydrogen-bond donors (Lipinski definition) is 2. The highest BCUT2D eigenvalue weighted by Crippen LogP contribution is 2.17. The van der Waals surface area contributed by atoms with Gasteiger partial charge in [-0.15, -0.1) is 0 Å². The minimum absolute atomic E-state index is 0.0582. The third-order valence-electron chi connectivity index (χ3n) is 2.08. The molecule has 0 radical (unpaired) electrons. The summed E-state index contributed by atoms with van der Waals surface area (Å²) < 4.78 is 6.71. The van der Waals surface area contributed by atoms with Crippen molar-refractivity contribution in [1.29, 1.82) is 0 Å². The largest absolute Gasteiger partial charge is 0.480 e. The molecule has 0 aliphatic carbocycles. The molecular weight excluding hydrogens is 319 g/mol. The van der Waals surface area contributed by atoms with Crippen molar-refractivity contribution < 1.29 is 9.53 Å². The first kappa shape index (κ1) is 13.2. The van der Waals surface area contributed by atoms with E-state index in [1.807, 2.05) is 38.1 Å². The van der Waals surface area contributed by atoms with Gasteiger partial charge in [0.1, 0.15) is 5.75 Å². The fourth-order valence-electron chi connectivity index (χ4n) is 1.23. The van der Waals surface area contributed by atoms with Gasteiger partial charge in [0.2, 0.25) is 0 Å². The first-order valence-corrected chi connectivity index (χ1v) is 6.05. The quantitative estimate of drug-likeness (QED) is 0.381. The summed E-state index contributed by atoms with van der Waals surface area (Å²) in [7, 11) is 0. The summed E-state index contributed by atoms with van der Waals surface area (Å²) in [6.45, 7) is 3.82. The van der Waals surface area contributed by atoms with E-state index in [9.17, 15) is 4.79 Å². The molecule has 0 spiro atoms. The Bertz CT molecular complexity index is 352. The summed E-state index contributed by atoms with van der Waals surface area (Å²) in [5.41, 5.74) is 2.11. The first-order valence-electron chi connectivity index (χ1n) is 4.97. The molecule has 0 bridgehead atoms. The van der Waals surface area contributed by atoms with Crippen molar-refractivity contribution in [2.24, 2.45) is 11.8 Å². The van der Waals surface area contributed by atoms with E-state index in [-0.39, 0.29) is 11.8 Å². The van der Waals surface area contributed by atoms with Crippen molar-refractivity contribution in [3.05, 3.63) is 27.8 Å². The number of benzene rings is 1. The van der Waals surface area contributed by atoms with Crippen LogP contribution in [0.2, 0.25) is 0 Å². The average molecular weight is 334 g/mol. The molecule has 0 aliphatic rings. The third-order valence-corrected chi connectivity index (χ3v) is 2.80. The molecule has 1 aromatic carbocycles. The Morgan fingerprint density at radius 3 is 2.38 bits per heavy atom. The number of hydrazine groups is 1. The highest BCUT2D eigenvalue weighted by Gasteiger charge is 2.23. The lowest BCUT2D eigenvalue weighted by Crippen LogP contribution is -2.44. The highest BCUT2D eigenvalue weighted by molar-refractivity contribution is 14.1. The molecule has 88 valence electrons. The van der Waals surface area contributed by atoms with Crippen LogP contribution in [0.15, 0.2) is 24.3 Å². The molecule has 0 saturated heterocycles. The van der Waals surface area contributed by atoms with Crippen molar-refractivity contribution in [1.82, 2.24) is 5.43 Å². The number of rotatable bonds is 4. The van der Waals surface area contributed by atoms with Gasteiger partial charge in [0, 0.05) is 3.57 Å². The molecule has 0 aromatic heterocycles. The maximum atomic E-state index is 11.5. The zero-order valence-corrected chi connectivity index (χ0v) is 11.4. The van der Waals surface area contributed by atoms with Gasteiger partial charge in [0.25, 0.3) is 5.91 Å². The third kappa shape index (κ3) is 3.64. The van der Waals surface area contributed by atoms with Crippen molar-refractivity contribution in [2.75, 3.05) is 0 Å². The summed E-state index contributed by atoms with van der Waals surface area (Å²) in [4.78, 5) is 11.5. The topological polar surface area (TPSA) is 64.3 Å². The molecule has 1 atom stereocenters. The molecule has 0 aliphatic heterocycles. The lowest BCUT2D eigenvalue weighted by molar-refractivity contribution is -0.129. The first-order chi connectivity index (χ1) is 7.54. The van der Waals surface area contributed by atoms with Crippen LogP contribution in [0.4, 0.5) is 0 Å². The number of carbonyl (C=O) groups excluding carboxylic acids is 1. The summed E-state index contributed by atoms with van der Waals surface area (Å²) in [6.07, 6.45) is -0.565. The van der Waals surface area contributed by atoms with E-state index in [0.717, 1.165) is 3.57 Å². The Morgan fingerprint density at radius 1 is 1.38 bits per heavy atom. The lowest BCUT2D eigenvalue weighted by atomic mass is 10.1. The fraction of sp³-hybridized carbons (Fsp3) is 0.364. The van der Waals surface area contributed by atoms with E-state index in [1.54, 1.807) is 0 Å². The second kappa shape index (κ2) is 6.05. The number of ether oxygens (including phenoxy) is 1. The van der Waals surface area contributed by atoms with Gasteiger partial charge in [-0.05, 0) is 52.8 Å². The van der Waals surface area contributed by atoms with Crippen LogP contribution in [-0.4, -0.2) is 12.0 Å². The van der Waals surface area contributed by atoms with E-state index < -0.39 is 6.10 Å². The normalized spacial score (nSPS) is 12.3. The minimum atomic E-state index is -0.565. The van der Waals surface area contributed by atoms with Crippen LogP contribution in [-0.2, 0) is 4.79 Å². The number of hydrogen-bond acceptors (Lipinski definition) is 3. The Hall–Kier alpha value is -0.820. The molecule has 1 amide bonds. The molecule has 1 aromatic rings. The van der Waals surface area contributed by atoms with Gasteiger partial charge in [-0.25, -0.2) is 5.84 Å². The van der Waals surface area contributed by atoms with Gasteiger partial charge in [-0.2, -0.15) is 0 Å². The fourth-order valence-corrected chi connectivity index (χ4v) is 1.59. The number of carbonyl (C=O) groups is 1. The molecule has 0 fully saturated rings. The molecule has 16 heavy (non-hydrogen) atoms. The van der Waals surface area contributed by atoms with Crippen LogP contribution in [0.5, 0.6) is 5.75 Å². The molecule has 1 rings (SSSR count). The Labute approximate surface area is 109 Å². The van der Waals surface area contributed by atoms with Crippen LogP contribution in [0, 0.1) is 9.49 Å². The molecular formula is C11H15IN2O2. The molecule has 4 nitrogen and oxygen atoms in total. The van der Waals surface area contributed by atoms with Gasteiger partial charge >= 0.3 is 0 Å². The Morgan fingerprint density at radius 2 is 1.94 bits per heavy atom. The molecule has 0 heterocycles. The number of nitrogens with two attached hydrogens (primary N) is 1. The van der Waals surface area contributed by atoms with Crippen LogP contribution in [0.3, 0.4) is 0 Å². The predicted molar refractivity (Wildman–Crippen MR) is 70.7 cm³/mol. The zero-order chi connectivity index (χ0) is 12.1. The van der Waals surface area contributed by atoms with Gasteiger partial charge in [0.15, 0.2) is 6.10 Å². The number of amides is 1. The highest BCUT2D eigenvalue weighted by atomic mass is 127. The molecule has 0 saturated carbocycles. The van der Waals surface area contributed by atoms with Gasteiger partial charge in [-0.1, -0.05) is 13.8 Å². The second-order valence-electron chi connectivity index (χ2n) is 3.74. The minimum Gasteiger partial charge on any atom is -0.480 e. The zero-order valence-electron chi connectivity index (χ0n) is 9.24. The monoisotopic (exact) mass is 334 g/mol. The smallest absolute Gasteiger partial charge is 0.275 e. The maximum Gasteiger partial charge on any atom is 0.275 e. The Balaban J connectivity index is 2.75.